The Morgan fingerprint density at radius 2 is 1.05 bits per heavy atom. The summed E-state index contributed by atoms with van der Waals surface area (Å²) in [5.41, 5.74) is 0. The van der Waals surface area contributed by atoms with Crippen LogP contribution in [0.2, 0.25) is 0 Å². The van der Waals surface area contributed by atoms with E-state index in [-0.39, 0.29) is 0 Å². The molecule has 19 heavy (non-hydrogen) atoms. The Bertz CT molecular complexity index is 199. The van der Waals surface area contributed by atoms with Crippen molar-refractivity contribution >= 4 is 7.82 Å². The third-order valence-corrected chi connectivity index (χ3v) is 3.15. The highest BCUT2D eigenvalue weighted by Gasteiger charge is 2.06. The van der Waals surface area contributed by atoms with Crippen LogP contribution < -0.4 is 0 Å². The molecule has 0 aromatic carbocycles. The molecule has 4 nitrogen and oxygen atoms in total. The van der Waals surface area contributed by atoms with Gasteiger partial charge in [0.25, 0.3) is 0 Å². The quantitative estimate of drug-likeness (QED) is 0.405. The lowest BCUT2D eigenvalue weighted by Gasteiger charge is -2.15. The van der Waals surface area contributed by atoms with Crippen molar-refractivity contribution in [3.05, 3.63) is 0 Å². The van der Waals surface area contributed by atoms with Crippen molar-refractivity contribution in [2.75, 3.05) is 0 Å². The third kappa shape index (κ3) is 27.3. The van der Waals surface area contributed by atoms with Crippen LogP contribution in [0.15, 0.2) is 0 Å². The van der Waals surface area contributed by atoms with Gasteiger partial charge in [-0.1, -0.05) is 85.0 Å². The molecule has 0 aliphatic carbocycles. The van der Waals surface area contributed by atoms with Crippen LogP contribution in [-0.2, 0) is 4.57 Å². The maximum atomic E-state index is 8.88. The first-order valence-corrected chi connectivity index (χ1v) is 9.19. The monoisotopic (exact) mass is 296 g/mol. The van der Waals surface area contributed by atoms with Crippen molar-refractivity contribution in [2.45, 2.75) is 85.0 Å². The van der Waals surface area contributed by atoms with Crippen LogP contribution >= 0.6 is 7.82 Å². The molecule has 0 aromatic heterocycles. The molecule has 118 valence electrons. The fourth-order valence-corrected chi connectivity index (χ4v) is 2.10. The molecule has 0 aliphatic heterocycles. The molecule has 0 heterocycles. The summed E-state index contributed by atoms with van der Waals surface area (Å²) in [6.45, 7) is 6.92. The molecule has 0 saturated carbocycles. The zero-order chi connectivity index (χ0) is 15.1. The first kappa shape index (κ1) is 21.4. The van der Waals surface area contributed by atoms with Gasteiger partial charge in [-0.2, -0.15) is 0 Å². The van der Waals surface area contributed by atoms with Gasteiger partial charge in [-0.15, -0.1) is 0 Å². The van der Waals surface area contributed by atoms with E-state index in [4.69, 9.17) is 19.2 Å². The minimum absolute atomic E-state index is 1.04. The normalized spacial score (nSPS) is 11.3. The van der Waals surface area contributed by atoms with E-state index < -0.39 is 7.82 Å². The topological polar surface area (TPSA) is 77.8 Å². The summed E-state index contributed by atoms with van der Waals surface area (Å²) < 4.78 is 8.88. The van der Waals surface area contributed by atoms with Crippen molar-refractivity contribution in [1.29, 1.82) is 0 Å². The molecule has 0 saturated heterocycles. The summed E-state index contributed by atoms with van der Waals surface area (Å²) in [6, 6.07) is 0. The van der Waals surface area contributed by atoms with Gasteiger partial charge in [0.05, 0.1) is 0 Å². The third-order valence-electron chi connectivity index (χ3n) is 3.15. The molecular formula is C14H33O4P. The predicted octanol–water partition coefficient (Wildman–Crippen LogP) is 4.63. The Kier molecular flexibility index (Phi) is 16.4. The number of hydrogen-bond acceptors (Lipinski definition) is 1. The average molecular weight is 296 g/mol. The average Bonchev–Trinajstić information content (AvgIpc) is 2.30. The van der Waals surface area contributed by atoms with Gasteiger partial charge in [0.15, 0.2) is 0 Å². The summed E-state index contributed by atoms with van der Waals surface area (Å²) in [4.78, 5) is 21.6. The Balaban J connectivity index is 0. The molecule has 0 fully saturated rings. The van der Waals surface area contributed by atoms with Gasteiger partial charge in [0.1, 0.15) is 0 Å². The Labute approximate surface area is 118 Å². The lowest BCUT2D eigenvalue weighted by Crippen LogP contribution is -2.00. The van der Waals surface area contributed by atoms with Crippen LogP contribution in [0.5, 0.6) is 0 Å². The second kappa shape index (κ2) is 14.5. The number of rotatable bonds is 10. The molecule has 0 rings (SSSR count). The first-order valence-electron chi connectivity index (χ1n) is 7.63. The predicted molar refractivity (Wildman–Crippen MR) is 80.9 cm³/mol. The van der Waals surface area contributed by atoms with Crippen molar-refractivity contribution in [3.8, 4) is 0 Å². The van der Waals surface area contributed by atoms with Crippen LogP contribution in [0.3, 0.4) is 0 Å². The van der Waals surface area contributed by atoms with Crippen LogP contribution in [0.1, 0.15) is 85.0 Å². The number of phosphoric acid groups is 1. The molecular weight excluding hydrogens is 263 g/mol. The molecule has 5 heteroatoms. The van der Waals surface area contributed by atoms with Gasteiger partial charge in [-0.25, -0.2) is 4.57 Å². The van der Waals surface area contributed by atoms with Crippen LogP contribution in [0.25, 0.3) is 0 Å². The molecule has 0 spiro atoms. The van der Waals surface area contributed by atoms with Crippen molar-refractivity contribution < 1.29 is 19.2 Å². The Hall–Kier alpha value is 0.110. The smallest absolute Gasteiger partial charge is 0.303 e. The van der Waals surface area contributed by atoms with Crippen LogP contribution in [-0.4, -0.2) is 14.7 Å². The molecule has 0 amide bonds. The van der Waals surface area contributed by atoms with E-state index in [2.05, 4.69) is 20.8 Å². The van der Waals surface area contributed by atoms with E-state index in [0.717, 1.165) is 5.92 Å². The molecule has 3 N–H and O–H groups in total. The Morgan fingerprint density at radius 3 is 1.37 bits per heavy atom. The van der Waals surface area contributed by atoms with E-state index in [1.165, 1.54) is 64.2 Å². The summed E-state index contributed by atoms with van der Waals surface area (Å²) >= 11 is 0. The van der Waals surface area contributed by atoms with Crippen LogP contribution in [0, 0.1) is 5.92 Å². The minimum atomic E-state index is -4.64. The Morgan fingerprint density at radius 1 is 0.737 bits per heavy atom. The van der Waals surface area contributed by atoms with E-state index in [0.29, 0.717) is 0 Å². The fraction of sp³-hybridized carbons (Fsp3) is 1.00. The van der Waals surface area contributed by atoms with Gasteiger partial charge in [-0.05, 0) is 5.92 Å². The van der Waals surface area contributed by atoms with E-state index in [9.17, 15) is 0 Å². The standard InChI is InChI=1S/C14H30.H3O4P/c1-4-7-10-13-14(11-8-5-2)12-9-6-3;1-5(2,3)4/h14H,4-13H2,1-3H3;(H3,1,2,3,4). The largest absolute Gasteiger partial charge is 0.466 e. The molecule has 0 unspecified atom stereocenters. The van der Waals surface area contributed by atoms with Gasteiger partial charge >= 0.3 is 7.82 Å². The first-order chi connectivity index (χ1) is 8.85. The maximum Gasteiger partial charge on any atom is 0.466 e. The van der Waals surface area contributed by atoms with Gasteiger partial charge < -0.3 is 14.7 Å². The zero-order valence-corrected chi connectivity index (χ0v) is 13.7. The SMILES string of the molecule is CCCCCC(CCCC)CCCC.O=P(O)(O)O. The zero-order valence-electron chi connectivity index (χ0n) is 12.8. The minimum Gasteiger partial charge on any atom is -0.303 e. The van der Waals surface area contributed by atoms with Crippen molar-refractivity contribution in [1.82, 2.24) is 0 Å². The molecule has 0 aliphatic rings. The van der Waals surface area contributed by atoms with Crippen molar-refractivity contribution in [2.24, 2.45) is 5.92 Å². The number of hydrogen-bond donors (Lipinski definition) is 3. The molecule has 0 atom stereocenters. The second-order valence-corrected chi connectivity index (χ2v) is 6.19. The summed E-state index contributed by atoms with van der Waals surface area (Å²) in [5.74, 6) is 1.04. The van der Waals surface area contributed by atoms with Crippen molar-refractivity contribution in [3.63, 3.8) is 0 Å². The van der Waals surface area contributed by atoms with Gasteiger partial charge in [-0.3, -0.25) is 0 Å². The van der Waals surface area contributed by atoms with Crippen LogP contribution in [0.4, 0.5) is 0 Å². The van der Waals surface area contributed by atoms with Gasteiger partial charge in [0.2, 0.25) is 0 Å². The van der Waals surface area contributed by atoms with E-state index >= 15 is 0 Å². The lowest BCUT2D eigenvalue weighted by molar-refractivity contribution is 0.275. The van der Waals surface area contributed by atoms with E-state index in [1.54, 1.807) is 0 Å². The summed E-state index contributed by atoms with van der Waals surface area (Å²) in [5, 5.41) is 0. The lowest BCUT2D eigenvalue weighted by atomic mass is 9.91. The second-order valence-electron chi connectivity index (χ2n) is 5.16. The highest BCUT2D eigenvalue weighted by molar-refractivity contribution is 7.45. The summed E-state index contributed by atoms with van der Waals surface area (Å²) in [7, 11) is -4.64. The molecule has 0 bridgehead atoms. The highest BCUT2D eigenvalue weighted by atomic mass is 31.2. The summed E-state index contributed by atoms with van der Waals surface area (Å²) in [6.07, 6.45) is 14.4. The van der Waals surface area contributed by atoms with Gasteiger partial charge in [0, 0.05) is 0 Å². The number of unbranched alkanes of at least 4 members (excludes halogenated alkanes) is 4. The van der Waals surface area contributed by atoms with E-state index in [1.807, 2.05) is 0 Å². The molecule has 0 aromatic rings. The molecule has 0 radical (unpaired) electrons. The fourth-order valence-electron chi connectivity index (χ4n) is 2.10. The highest BCUT2D eigenvalue weighted by Crippen LogP contribution is 2.25. The maximum absolute atomic E-state index is 8.88.